The molecule has 2 unspecified atom stereocenters. The smallest absolute Gasteiger partial charge is 0.137 e. The molecule has 0 saturated carbocycles. The van der Waals surface area contributed by atoms with E-state index >= 15 is 0 Å². The van der Waals surface area contributed by atoms with Crippen molar-refractivity contribution in [1.82, 2.24) is 5.32 Å². The standard InChI is InChI=1S/C14H20ClNO2/c1-2-18-13-6-5-10(8-12(13)15)14(17)11-4-3-7-16-9-11/h5-6,8,11,14,16-17H,2-4,7,9H2,1H3. The second-order valence-electron chi connectivity index (χ2n) is 4.67. The van der Waals surface area contributed by atoms with Gasteiger partial charge >= 0.3 is 0 Å². The fourth-order valence-electron chi connectivity index (χ4n) is 2.39. The summed E-state index contributed by atoms with van der Waals surface area (Å²) in [7, 11) is 0. The summed E-state index contributed by atoms with van der Waals surface area (Å²) in [5.74, 6) is 0.949. The van der Waals surface area contributed by atoms with Crippen molar-refractivity contribution in [2.45, 2.75) is 25.9 Å². The highest BCUT2D eigenvalue weighted by atomic mass is 35.5. The summed E-state index contributed by atoms with van der Waals surface area (Å²) in [5.41, 5.74) is 0.872. The number of nitrogens with one attached hydrogen (secondary N) is 1. The molecule has 1 aliphatic rings. The Labute approximate surface area is 113 Å². The first-order chi connectivity index (χ1) is 8.72. The molecule has 1 aliphatic heterocycles. The maximum Gasteiger partial charge on any atom is 0.137 e. The molecule has 2 atom stereocenters. The van der Waals surface area contributed by atoms with Crippen LogP contribution in [0.4, 0.5) is 0 Å². The second-order valence-corrected chi connectivity index (χ2v) is 5.08. The first kappa shape index (κ1) is 13.7. The van der Waals surface area contributed by atoms with E-state index in [9.17, 15) is 5.11 Å². The Hall–Kier alpha value is -0.770. The summed E-state index contributed by atoms with van der Waals surface area (Å²) >= 11 is 6.14. The van der Waals surface area contributed by atoms with E-state index in [0.717, 1.165) is 31.5 Å². The molecule has 2 rings (SSSR count). The number of hydrogen-bond acceptors (Lipinski definition) is 3. The van der Waals surface area contributed by atoms with Crippen LogP contribution in [0.1, 0.15) is 31.4 Å². The van der Waals surface area contributed by atoms with E-state index in [4.69, 9.17) is 16.3 Å². The van der Waals surface area contributed by atoms with Gasteiger partial charge in [0.05, 0.1) is 17.7 Å². The Morgan fingerprint density at radius 3 is 3.00 bits per heavy atom. The topological polar surface area (TPSA) is 41.5 Å². The number of rotatable bonds is 4. The highest BCUT2D eigenvalue weighted by molar-refractivity contribution is 6.32. The zero-order valence-electron chi connectivity index (χ0n) is 10.7. The Bertz CT molecular complexity index is 391. The summed E-state index contributed by atoms with van der Waals surface area (Å²) < 4.78 is 5.39. The first-order valence-electron chi connectivity index (χ1n) is 6.53. The van der Waals surface area contributed by atoms with Crippen LogP contribution in [0.25, 0.3) is 0 Å². The van der Waals surface area contributed by atoms with Crippen molar-refractivity contribution >= 4 is 11.6 Å². The third-order valence-corrected chi connectivity index (χ3v) is 3.67. The molecule has 1 aromatic carbocycles. The van der Waals surface area contributed by atoms with Crippen molar-refractivity contribution in [3.63, 3.8) is 0 Å². The van der Waals surface area contributed by atoms with Gasteiger partial charge < -0.3 is 15.2 Å². The van der Waals surface area contributed by atoms with Gasteiger partial charge in [-0.2, -0.15) is 0 Å². The molecule has 1 heterocycles. The lowest BCUT2D eigenvalue weighted by molar-refractivity contribution is 0.0921. The molecule has 3 nitrogen and oxygen atoms in total. The Balaban J connectivity index is 2.10. The van der Waals surface area contributed by atoms with Crippen molar-refractivity contribution in [3.8, 4) is 5.75 Å². The minimum absolute atomic E-state index is 0.271. The highest BCUT2D eigenvalue weighted by Gasteiger charge is 2.23. The van der Waals surface area contributed by atoms with E-state index in [0.29, 0.717) is 17.4 Å². The van der Waals surface area contributed by atoms with Crippen molar-refractivity contribution in [2.75, 3.05) is 19.7 Å². The molecule has 1 saturated heterocycles. The van der Waals surface area contributed by atoms with Crippen LogP contribution in [-0.4, -0.2) is 24.8 Å². The van der Waals surface area contributed by atoms with Gasteiger partial charge in [-0.3, -0.25) is 0 Å². The molecule has 0 aliphatic carbocycles. The summed E-state index contributed by atoms with van der Waals surface area (Å²) in [6.07, 6.45) is 1.72. The third-order valence-electron chi connectivity index (χ3n) is 3.38. The van der Waals surface area contributed by atoms with Gasteiger partial charge in [0.2, 0.25) is 0 Å². The summed E-state index contributed by atoms with van der Waals surface area (Å²) in [5, 5.41) is 14.2. The maximum atomic E-state index is 10.4. The van der Waals surface area contributed by atoms with Crippen molar-refractivity contribution in [3.05, 3.63) is 28.8 Å². The van der Waals surface area contributed by atoms with Gasteiger partial charge in [-0.15, -0.1) is 0 Å². The molecule has 4 heteroatoms. The number of piperidine rings is 1. The van der Waals surface area contributed by atoms with Gasteiger partial charge in [0.1, 0.15) is 5.75 Å². The number of halogens is 1. The number of hydrogen-bond donors (Lipinski definition) is 2. The van der Waals surface area contributed by atoms with Crippen LogP contribution in [0, 0.1) is 5.92 Å². The first-order valence-corrected chi connectivity index (χ1v) is 6.91. The van der Waals surface area contributed by atoms with E-state index in [1.807, 2.05) is 25.1 Å². The predicted molar refractivity (Wildman–Crippen MR) is 73.2 cm³/mol. The minimum atomic E-state index is -0.453. The molecule has 18 heavy (non-hydrogen) atoms. The van der Waals surface area contributed by atoms with E-state index in [-0.39, 0.29) is 5.92 Å². The number of aliphatic hydroxyl groups excluding tert-OH is 1. The van der Waals surface area contributed by atoms with Crippen molar-refractivity contribution < 1.29 is 9.84 Å². The van der Waals surface area contributed by atoms with E-state index in [1.165, 1.54) is 0 Å². The van der Waals surface area contributed by atoms with Crippen LogP contribution in [0.15, 0.2) is 18.2 Å². The maximum absolute atomic E-state index is 10.4. The zero-order chi connectivity index (χ0) is 13.0. The van der Waals surface area contributed by atoms with Crippen LogP contribution < -0.4 is 10.1 Å². The molecule has 0 bridgehead atoms. The van der Waals surface area contributed by atoms with Crippen LogP contribution in [0.2, 0.25) is 5.02 Å². The largest absolute Gasteiger partial charge is 0.492 e. The number of aliphatic hydroxyl groups is 1. The summed E-state index contributed by atoms with van der Waals surface area (Å²) in [4.78, 5) is 0. The van der Waals surface area contributed by atoms with Crippen molar-refractivity contribution in [1.29, 1.82) is 0 Å². The van der Waals surface area contributed by atoms with E-state index < -0.39 is 6.10 Å². The summed E-state index contributed by atoms with van der Waals surface area (Å²) in [6.45, 7) is 4.43. The molecular formula is C14H20ClNO2. The van der Waals surface area contributed by atoms with Gasteiger partial charge in [-0.25, -0.2) is 0 Å². The van der Waals surface area contributed by atoms with Gasteiger partial charge in [-0.1, -0.05) is 17.7 Å². The molecule has 0 aromatic heterocycles. The minimum Gasteiger partial charge on any atom is -0.492 e. The summed E-state index contributed by atoms with van der Waals surface area (Å²) in [6, 6.07) is 5.54. The van der Waals surface area contributed by atoms with Gasteiger partial charge in [0.25, 0.3) is 0 Å². The normalized spacial score (nSPS) is 21.6. The van der Waals surface area contributed by atoms with Gasteiger partial charge in [-0.05, 0) is 44.0 Å². The molecule has 1 fully saturated rings. The number of benzene rings is 1. The molecule has 0 radical (unpaired) electrons. The lowest BCUT2D eigenvalue weighted by Gasteiger charge is -2.27. The van der Waals surface area contributed by atoms with Crippen LogP contribution in [-0.2, 0) is 0 Å². The van der Waals surface area contributed by atoms with Crippen LogP contribution in [0.5, 0.6) is 5.75 Å². The third kappa shape index (κ3) is 3.16. The monoisotopic (exact) mass is 269 g/mol. The highest BCUT2D eigenvalue weighted by Crippen LogP contribution is 2.32. The number of ether oxygens (including phenoxy) is 1. The average Bonchev–Trinajstić information content (AvgIpc) is 2.41. The van der Waals surface area contributed by atoms with Gasteiger partial charge in [0.15, 0.2) is 0 Å². The second kappa shape index (κ2) is 6.41. The lowest BCUT2D eigenvalue weighted by Crippen LogP contribution is -2.33. The average molecular weight is 270 g/mol. The molecule has 1 aromatic rings. The van der Waals surface area contributed by atoms with Crippen LogP contribution in [0.3, 0.4) is 0 Å². The zero-order valence-corrected chi connectivity index (χ0v) is 11.4. The van der Waals surface area contributed by atoms with Crippen molar-refractivity contribution in [2.24, 2.45) is 5.92 Å². The van der Waals surface area contributed by atoms with E-state index in [1.54, 1.807) is 0 Å². The molecular weight excluding hydrogens is 250 g/mol. The van der Waals surface area contributed by atoms with E-state index in [2.05, 4.69) is 5.32 Å². The Morgan fingerprint density at radius 1 is 1.56 bits per heavy atom. The Kier molecular flexibility index (Phi) is 4.87. The quantitative estimate of drug-likeness (QED) is 0.883. The molecule has 2 N–H and O–H groups in total. The molecule has 100 valence electrons. The van der Waals surface area contributed by atoms with Gasteiger partial charge in [0, 0.05) is 12.5 Å². The fraction of sp³-hybridized carbons (Fsp3) is 0.571. The fourth-order valence-corrected chi connectivity index (χ4v) is 2.64. The Morgan fingerprint density at radius 2 is 2.39 bits per heavy atom. The predicted octanol–water partition coefficient (Wildman–Crippen LogP) is 2.77. The molecule has 0 spiro atoms. The lowest BCUT2D eigenvalue weighted by atomic mass is 9.89. The SMILES string of the molecule is CCOc1ccc(C(O)C2CCCNC2)cc1Cl. The molecule has 0 amide bonds. The van der Waals surface area contributed by atoms with Crippen LogP contribution >= 0.6 is 11.6 Å².